The van der Waals surface area contributed by atoms with Gasteiger partial charge < -0.3 is 20.1 Å². The number of β-amino-alcohol motifs (C(OH)–C–C–N with tert-alkyl or cyclic N) is 1. The van der Waals surface area contributed by atoms with E-state index in [0.717, 1.165) is 0 Å². The minimum atomic E-state index is -1.54. The summed E-state index contributed by atoms with van der Waals surface area (Å²) in [4.78, 5) is 30.1. The van der Waals surface area contributed by atoms with Crippen molar-refractivity contribution in [3.8, 4) is 11.8 Å². The van der Waals surface area contributed by atoms with Gasteiger partial charge in [-0.3, -0.25) is 14.5 Å². The SMILES string of the molecule is COc1ccc(C#N)cc1C1(N2C[C@H](O)C[C@H]2C(=O)N(C)C)C(=O)Nc2ccc(Cl)cc21. The second-order valence-corrected chi connectivity index (χ2v) is 8.61. The van der Waals surface area contributed by atoms with Crippen LogP contribution in [-0.4, -0.2) is 66.6 Å². The number of likely N-dealkylation sites (N-methyl/N-ethyl adjacent to an activating group) is 1. The number of amides is 2. The second-order valence-electron chi connectivity index (χ2n) is 8.17. The average molecular weight is 455 g/mol. The zero-order chi connectivity index (χ0) is 23.2. The number of carbonyl (C=O) groups excluding carboxylic acids is 2. The monoisotopic (exact) mass is 454 g/mol. The smallest absolute Gasteiger partial charge is 0.254 e. The summed E-state index contributed by atoms with van der Waals surface area (Å²) in [6.07, 6.45) is -0.649. The van der Waals surface area contributed by atoms with Crippen LogP contribution in [0.5, 0.6) is 5.75 Å². The molecule has 0 radical (unpaired) electrons. The van der Waals surface area contributed by atoms with Crippen molar-refractivity contribution in [3.05, 3.63) is 58.1 Å². The molecule has 2 heterocycles. The van der Waals surface area contributed by atoms with Gasteiger partial charge in [0.05, 0.1) is 30.9 Å². The number of nitriles is 1. The Balaban J connectivity index is 2.07. The summed E-state index contributed by atoms with van der Waals surface area (Å²) in [5.74, 6) is -0.266. The molecule has 166 valence electrons. The third kappa shape index (κ3) is 3.21. The molecule has 0 aromatic heterocycles. The number of hydrogen-bond acceptors (Lipinski definition) is 6. The molecule has 2 aliphatic heterocycles. The van der Waals surface area contributed by atoms with E-state index in [4.69, 9.17) is 16.3 Å². The Labute approximate surface area is 190 Å². The average Bonchev–Trinajstić information content (AvgIpc) is 3.29. The van der Waals surface area contributed by atoms with Gasteiger partial charge in [-0.2, -0.15) is 5.26 Å². The molecule has 9 heteroatoms. The molecule has 1 saturated heterocycles. The van der Waals surface area contributed by atoms with Crippen LogP contribution in [0.4, 0.5) is 5.69 Å². The highest BCUT2D eigenvalue weighted by atomic mass is 35.5. The molecule has 1 fully saturated rings. The minimum Gasteiger partial charge on any atom is -0.496 e. The number of nitrogens with zero attached hydrogens (tertiary/aromatic N) is 3. The summed E-state index contributed by atoms with van der Waals surface area (Å²) < 4.78 is 5.60. The molecule has 8 nitrogen and oxygen atoms in total. The first-order chi connectivity index (χ1) is 15.2. The molecule has 0 spiro atoms. The fourth-order valence-electron chi connectivity index (χ4n) is 4.74. The summed E-state index contributed by atoms with van der Waals surface area (Å²) in [5, 5.41) is 23.4. The highest BCUT2D eigenvalue weighted by molar-refractivity contribution is 6.31. The van der Waals surface area contributed by atoms with E-state index in [9.17, 15) is 20.0 Å². The number of aliphatic hydroxyl groups is 1. The number of hydrogen-bond donors (Lipinski definition) is 2. The lowest BCUT2D eigenvalue weighted by molar-refractivity contribution is -0.138. The molecule has 2 aromatic carbocycles. The molecular weight excluding hydrogens is 432 g/mol. The van der Waals surface area contributed by atoms with Gasteiger partial charge in [0.25, 0.3) is 5.91 Å². The van der Waals surface area contributed by atoms with Crippen molar-refractivity contribution in [2.75, 3.05) is 33.1 Å². The highest BCUT2D eigenvalue weighted by Gasteiger charge is 2.59. The Bertz CT molecular complexity index is 1150. The third-order valence-corrected chi connectivity index (χ3v) is 6.34. The second kappa shape index (κ2) is 8.10. The van der Waals surface area contributed by atoms with Gasteiger partial charge in [-0.25, -0.2) is 0 Å². The number of carbonyl (C=O) groups is 2. The Morgan fingerprint density at radius 3 is 2.72 bits per heavy atom. The molecule has 2 N–H and O–H groups in total. The van der Waals surface area contributed by atoms with Crippen molar-refractivity contribution in [1.82, 2.24) is 9.80 Å². The van der Waals surface area contributed by atoms with Crippen LogP contribution in [0.15, 0.2) is 36.4 Å². The first kappa shape index (κ1) is 22.1. The van der Waals surface area contributed by atoms with Gasteiger partial charge in [0.2, 0.25) is 5.91 Å². The van der Waals surface area contributed by atoms with Crippen molar-refractivity contribution in [2.24, 2.45) is 0 Å². The molecule has 0 bridgehead atoms. The molecule has 2 amide bonds. The minimum absolute atomic E-state index is 0.0730. The molecular formula is C23H23ClN4O4. The van der Waals surface area contributed by atoms with Gasteiger partial charge in [0.15, 0.2) is 5.54 Å². The summed E-state index contributed by atoms with van der Waals surface area (Å²) >= 11 is 6.34. The van der Waals surface area contributed by atoms with Crippen LogP contribution in [0.25, 0.3) is 0 Å². The number of aliphatic hydroxyl groups excluding tert-OH is 1. The molecule has 3 atom stereocenters. The summed E-state index contributed by atoms with van der Waals surface area (Å²) in [7, 11) is 4.74. The number of anilines is 1. The van der Waals surface area contributed by atoms with E-state index >= 15 is 0 Å². The maximum Gasteiger partial charge on any atom is 0.254 e. The molecule has 1 unspecified atom stereocenters. The maximum absolute atomic E-state index is 13.8. The van der Waals surface area contributed by atoms with E-state index in [-0.39, 0.29) is 18.9 Å². The molecule has 32 heavy (non-hydrogen) atoms. The van der Waals surface area contributed by atoms with E-state index in [0.29, 0.717) is 33.1 Å². The van der Waals surface area contributed by atoms with E-state index in [2.05, 4.69) is 11.4 Å². The van der Waals surface area contributed by atoms with E-state index in [1.807, 2.05) is 0 Å². The van der Waals surface area contributed by atoms with Crippen molar-refractivity contribution in [2.45, 2.75) is 24.1 Å². The first-order valence-electron chi connectivity index (χ1n) is 10.1. The van der Waals surface area contributed by atoms with Crippen LogP contribution >= 0.6 is 11.6 Å². The maximum atomic E-state index is 13.8. The molecule has 4 rings (SSSR count). The number of methoxy groups -OCH3 is 1. The highest BCUT2D eigenvalue weighted by Crippen LogP contribution is 2.51. The van der Waals surface area contributed by atoms with Crippen LogP contribution in [0.2, 0.25) is 5.02 Å². The first-order valence-corrected chi connectivity index (χ1v) is 10.5. The van der Waals surface area contributed by atoms with Crippen LogP contribution in [0.1, 0.15) is 23.1 Å². The molecule has 2 aromatic rings. The van der Waals surface area contributed by atoms with E-state index < -0.39 is 23.6 Å². The lowest BCUT2D eigenvalue weighted by Gasteiger charge is -2.41. The quantitative estimate of drug-likeness (QED) is 0.731. The normalized spacial score (nSPS) is 24.6. The predicted octanol–water partition coefficient (Wildman–Crippen LogP) is 1.94. The Morgan fingerprint density at radius 2 is 2.06 bits per heavy atom. The van der Waals surface area contributed by atoms with E-state index in [1.54, 1.807) is 55.4 Å². The lowest BCUT2D eigenvalue weighted by Crippen LogP contribution is -2.57. The fourth-order valence-corrected chi connectivity index (χ4v) is 4.92. The molecule has 0 saturated carbocycles. The van der Waals surface area contributed by atoms with Crippen LogP contribution in [0, 0.1) is 11.3 Å². The van der Waals surface area contributed by atoms with Crippen molar-refractivity contribution in [3.63, 3.8) is 0 Å². The Kier molecular flexibility index (Phi) is 5.59. The van der Waals surface area contributed by atoms with Gasteiger partial charge in [-0.05, 0) is 42.8 Å². The standard InChI is InChI=1S/C23H23ClN4O4/c1-27(2)21(30)19-10-15(29)12-28(19)23(17-8-13(11-25)4-7-20(17)32-3)16-9-14(24)5-6-18(16)26-22(23)31/h4-9,15,19,29H,10,12H2,1-3H3,(H,26,31)/t15-,19+,23?/m1/s1. The lowest BCUT2D eigenvalue weighted by atomic mass is 9.80. The zero-order valence-corrected chi connectivity index (χ0v) is 18.7. The predicted molar refractivity (Wildman–Crippen MR) is 118 cm³/mol. The van der Waals surface area contributed by atoms with Gasteiger partial charge in [0, 0.05) is 42.5 Å². The van der Waals surface area contributed by atoms with Gasteiger partial charge >= 0.3 is 0 Å². The van der Waals surface area contributed by atoms with Crippen LogP contribution in [0.3, 0.4) is 0 Å². The van der Waals surface area contributed by atoms with Gasteiger partial charge in [-0.15, -0.1) is 0 Å². The number of rotatable bonds is 4. The molecule has 0 aliphatic carbocycles. The summed E-state index contributed by atoms with van der Waals surface area (Å²) in [5.41, 5.74) is 0.281. The van der Waals surface area contributed by atoms with E-state index in [1.165, 1.54) is 12.0 Å². The number of nitrogens with one attached hydrogen (secondary N) is 1. The summed E-state index contributed by atoms with van der Waals surface area (Å²) in [6.45, 7) is 0.0730. The number of likely N-dealkylation sites (tertiary alicyclic amines) is 1. The summed E-state index contributed by atoms with van der Waals surface area (Å²) in [6, 6.07) is 11.2. The van der Waals surface area contributed by atoms with Crippen LogP contribution < -0.4 is 10.1 Å². The largest absolute Gasteiger partial charge is 0.496 e. The third-order valence-electron chi connectivity index (χ3n) is 6.10. The van der Waals surface area contributed by atoms with Gasteiger partial charge in [-0.1, -0.05) is 11.6 Å². The Morgan fingerprint density at radius 1 is 1.31 bits per heavy atom. The van der Waals surface area contributed by atoms with Gasteiger partial charge in [0.1, 0.15) is 5.75 Å². The number of ether oxygens (including phenoxy) is 1. The van der Waals surface area contributed by atoms with Crippen LogP contribution in [-0.2, 0) is 15.1 Å². The fraction of sp³-hybridized carbons (Fsp3) is 0.348. The van der Waals surface area contributed by atoms with Crippen molar-refractivity contribution < 1.29 is 19.4 Å². The molecule has 2 aliphatic rings. The number of fused-ring (bicyclic) bond motifs is 1. The van der Waals surface area contributed by atoms with Crippen molar-refractivity contribution >= 4 is 29.1 Å². The topological polar surface area (TPSA) is 106 Å². The van der Waals surface area contributed by atoms with Crippen molar-refractivity contribution in [1.29, 1.82) is 5.26 Å². The zero-order valence-electron chi connectivity index (χ0n) is 17.9. The number of benzene rings is 2. The number of halogens is 1. The Hall–Kier alpha value is -3.12.